The van der Waals surface area contributed by atoms with Gasteiger partial charge in [0, 0.05) is 23.7 Å². The van der Waals surface area contributed by atoms with Gasteiger partial charge in [-0.25, -0.2) is 4.79 Å². The number of nitrogens with zero attached hydrogens (tertiary/aromatic N) is 1. The number of hydrogen-bond acceptors (Lipinski definition) is 2. The van der Waals surface area contributed by atoms with Gasteiger partial charge in [-0.15, -0.1) is 0 Å². The summed E-state index contributed by atoms with van der Waals surface area (Å²) >= 11 is 0. The summed E-state index contributed by atoms with van der Waals surface area (Å²) in [5, 5.41) is 0. The van der Waals surface area contributed by atoms with Crippen LogP contribution in [0, 0.1) is 6.92 Å². The summed E-state index contributed by atoms with van der Waals surface area (Å²) < 4.78 is 1.62. The Hall–Kier alpha value is -2.10. The SMILES string of the molecule is Cc1c(Cc2ccccc2)c(=O)[nH]c(=O)n1C(C)C. The van der Waals surface area contributed by atoms with Crippen molar-refractivity contribution in [1.29, 1.82) is 0 Å². The van der Waals surface area contributed by atoms with Crippen LogP contribution in [0.3, 0.4) is 0 Å². The van der Waals surface area contributed by atoms with Gasteiger partial charge in [0.2, 0.25) is 0 Å². The Kier molecular flexibility index (Phi) is 3.69. The highest BCUT2D eigenvalue weighted by atomic mass is 16.2. The quantitative estimate of drug-likeness (QED) is 0.915. The van der Waals surface area contributed by atoms with E-state index in [1.165, 1.54) is 0 Å². The minimum absolute atomic E-state index is 0.0267. The third-order valence-corrected chi connectivity index (χ3v) is 3.25. The molecule has 0 unspecified atom stereocenters. The van der Waals surface area contributed by atoms with Crippen LogP contribution < -0.4 is 11.2 Å². The molecule has 0 aliphatic rings. The monoisotopic (exact) mass is 258 g/mol. The van der Waals surface area contributed by atoms with Gasteiger partial charge in [0.1, 0.15) is 0 Å². The Morgan fingerprint density at radius 3 is 2.37 bits per heavy atom. The fraction of sp³-hybridized carbons (Fsp3) is 0.333. The number of rotatable bonds is 3. The maximum atomic E-state index is 12.0. The minimum Gasteiger partial charge on any atom is -0.295 e. The first-order valence-corrected chi connectivity index (χ1v) is 6.39. The number of benzene rings is 1. The summed E-state index contributed by atoms with van der Waals surface area (Å²) in [4.78, 5) is 26.2. The second-order valence-electron chi connectivity index (χ2n) is 4.95. The van der Waals surface area contributed by atoms with Gasteiger partial charge < -0.3 is 0 Å². The van der Waals surface area contributed by atoms with Crippen molar-refractivity contribution in [3.8, 4) is 0 Å². The highest BCUT2D eigenvalue weighted by molar-refractivity contribution is 5.27. The van der Waals surface area contributed by atoms with Crippen LogP contribution in [-0.2, 0) is 6.42 Å². The molecule has 0 bridgehead atoms. The molecule has 0 saturated heterocycles. The van der Waals surface area contributed by atoms with Crippen LogP contribution in [0.25, 0.3) is 0 Å². The van der Waals surface area contributed by atoms with Crippen LogP contribution in [0.4, 0.5) is 0 Å². The molecule has 100 valence electrons. The van der Waals surface area contributed by atoms with E-state index in [4.69, 9.17) is 0 Å². The van der Waals surface area contributed by atoms with Crippen LogP contribution in [0.15, 0.2) is 39.9 Å². The summed E-state index contributed by atoms with van der Waals surface area (Å²) in [6.45, 7) is 5.69. The van der Waals surface area contributed by atoms with Gasteiger partial charge in [0.15, 0.2) is 0 Å². The molecule has 0 radical (unpaired) electrons. The van der Waals surface area contributed by atoms with Crippen molar-refractivity contribution >= 4 is 0 Å². The third-order valence-electron chi connectivity index (χ3n) is 3.25. The molecule has 0 fully saturated rings. The van der Waals surface area contributed by atoms with Gasteiger partial charge in [-0.05, 0) is 26.3 Å². The second-order valence-corrected chi connectivity index (χ2v) is 4.95. The highest BCUT2D eigenvalue weighted by Crippen LogP contribution is 2.11. The average Bonchev–Trinajstić information content (AvgIpc) is 2.35. The molecule has 0 spiro atoms. The molecule has 1 aromatic carbocycles. The molecular formula is C15H18N2O2. The molecule has 1 N–H and O–H groups in total. The molecule has 4 heteroatoms. The van der Waals surface area contributed by atoms with E-state index in [9.17, 15) is 9.59 Å². The fourth-order valence-electron chi connectivity index (χ4n) is 2.32. The molecule has 0 amide bonds. The van der Waals surface area contributed by atoms with Crippen LogP contribution >= 0.6 is 0 Å². The van der Waals surface area contributed by atoms with E-state index in [2.05, 4.69) is 4.98 Å². The van der Waals surface area contributed by atoms with Crippen molar-refractivity contribution in [2.45, 2.75) is 33.2 Å². The van der Waals surface area contributed by atoms with Gasteiger partial charge in [0.25, 0.3) is 5.56 Å². The van der Waals surface area contributed by atoms with E-state index in [-0.39, 0.29) is 17.3 Å². The lowest BCUT2D eigenvalue weighted by Crippen LogP contribution is -2.35. The molecule has 2 rings (SSSR count). The molecule has 0 aliphatic heterocycles. The zero-order valence-corrected chi connectivity index (χ0v) is 11.4. The molecule has 1 heterocycles. The van der Waals surface area contributed by atoms with Gasteiger partial charge in [-0.2, -0.15) is 0 Å². The number of aromatic nitrogens is 2. The smallest absolute Gasteiger partial charge is 0.295 e. The van der Waals surface area contributed by atoms with E-state index in [0.29, 0.717) is 12.0 Å². The normalized spacial score (nSPS) is 10.9. The molecule has 1 aromatic heterocycles. The Bertz CT molecular complexity index is 682. The first kappa shape index (κ1) is 13.3. The molecule has 0 aliphatic carbocycles. The van der Waals surface area contributed by atoms with Crippen molar-refractivity contribution in [1.82, 2.24) is 9.55 Å². The van der Waals surface area contributed by atoms with Crippen molar-refractivity contribution in [3.63, 3.8) is 0 Å². The lowest BCUT2D eigenvalue weighted by atomic mass is 10.0. The molecule has 2 aromatic rings. The minimum atomic E-state index is -0.339. The summed E-state index contributed by atoms with van der Waals surface area (Å²) in [7, 11) is 0. The Morgan fingerprint density at radius 2 is 1.79 bits per heavy atom. The average molecular weight is 258 g/mol. The lowest BCUT2D eigenvalue weighted by Gasteiger charge is -2.16. The molecule has 19 heavy (non-hydrogen) atoms. The third kappa shape index (κ3) is 2.67. The van der Waals surface area contributed by atoms with Crippen molar-refractivity contribution < 1.29 is 0 Å². The van der Waals surface area contributed by atoms with Gasteiger partial charge in [-0.1, -0.05) is 30.3 Å². The summed E-state index contributed by atoms with van der Waals surface area (Å²) in [6.07, 6.45) is 0.537. The molecule has 4 nitrogen and oxygen atoms in total. The van der Waals surface area contributed by atoms with Crippen molar-refractivity contribution in [2.24, 2.45) is 0 Å². The zero-order chi connectivity index (χ0) is 14.0. The Morgan fingerprint density at radius 1 is 1.16 bits per heavy atom. The van der Waals surface area contributed by atoms with E-state index in [1.807, 2.05) is 51.1 Å². The van der Waals surface area contributed by atoms with Gasteiger partial charge in [-0.3, -0.25) is 14.3 Å². The zero-order valence-electron chi connectivity index (χ0n) is 11.4. The van der Waals surface area contributed by atoms with Crippen molar-refractivity contribution in [2.75, 3.05) is 0 Å². The lowest BCUT2D eigenvalue weighted by molar-refractivity contribution is 0.540. The Labute approximate surface area is 111 Å². The highest BCUT2D eigenvalue weighted by Gasteiger charge is 2.13. The maximum Gasteiger partial charge on any atom is 0.328 e. The van der Waals surface area contributed by atoms with E-state index < -0.39 is 0 Å². The van der Waals surface area contributed by atoms with E-state index in [1.54, 1.807) is 4.57 Å². The second kappa shape index (κ2) is 5.26. The maximum absolute atomic E-state index is 12.0. The van der Waals surface area contributed by atoms with E-state index >= 15 is 0 Å². The van der Waals surface area contributed by atoms with Crippen LogP contribution in [-0.4, -0.2) is 9.55 Å². The van der Waals surface area contributed by atoms with Gasteiger partial charge in [0.05, 0.1) is 0 Å². The molecular weight excluding hydrogens is 240 g/mol. The van der Waals surface area contributed by atoms with Crippen molar-refractivity contribution in [3.05, 3.63) is 68.0 Å². The molecule has 0 saturated carbocycles. The standard InChI is InChI=1S/C15H18N2O2/c1-10(2)17-11(3)13(14(18)16-15(17)19)9-12-7-5-4-6-8-12/h4-8,10H,9H2,1-3H3,(H,16,18,19). The van der Waals surface area contributed by atoms with Gasteiger partial charge >= 0.3 is 5.69 Å². The summed E-state index contributed by atoms with van der Waals surface area (Å²) in [5.74, 6) is 0. The summed E-state index contributed by atoms with van der Waals surface area (Å²) in [6, 6.07) is 9.80. The number of nitrogens with one attached hydrogen (secondary N) is 1. The number of hydrogen-bond donors (Lipinski definition) is 1. The van der Waals surface area contributed by atoms with E-state index in [0.717, 1.165) is 11.3 Å². The fourth-order valence-corrected chi connectivity index (χ4v) is 2.32. The topological polar surface area (TPSA) is 54.9 Å². The predicted molar refractivity (Wildman–Crippen MR) is 75.7 cm³/mol. The van der Waals surface area contributed by atoms with Crippen LogP contribution in [0.2, 0.25) is 0 Å². The van der Waals surface area contributed by atoms with Crippen LogP contribution in [0.1, 0.15) is 36.7 Å². The largest absolute Gasteiger partial charge is 0.328 e. The first-order chi connectivity index (χ1) is 9.00. The number of H-pyrrole nitrogens is 1. The first-order valence-electron chi connectivity index (χ1n) is 6.39. The summed E-state index contributed by atoms with van der Waals surface area (Å²) in [5.41, 5.74) is 1.83. The number of aromatic amines is 1. The predicted octanol–water partition coefficient (Wildman–Crippen LogP) is 2.02. The van der Waals surface area contributed by atoms with Crippen LogP contribution in [0.5, 0.6) is 0 Å². The Balaban J connectivity index is 2.55. The molecule has 0 atom stereocenters.